The van der Waals surface area contributed by atoms with Gasteiger partial charge < -0.3 is 19.6 Å². The number of carbonyl (C=O) groups is 2. The van der Waals surface area contributed by atoms with Crippen LogP contribution >= 0.6 is 0 Å². The number of fused-ring (bicyclic) bond motifs is 1. The number of aryl methyl sites for hydroxylation is 1. The van der Waals surface area contributed by atoms with Crippen molar-refractivity contribution in [2.45, 2.75) is 44.3 Å². The molecule has 2 aliphatic rings. The van der Waals surface area contributed by atoms with E-state index in [0.29, 0.717) is 18.9 Å². The lowest BCUT2D eigenvalue weighted by Gasteiger charge is -2.18. The highest BCUT2D eigenvalue weighted by atomic mass is 19.4. The van der Waals surface area contributed by atoms with E-state index in [1.54, 1.807) is 6.26 Å². The topological polar surface area (TPSA) is 110 Å². The van der Waals surface area contributed by atoms with Gasteiger partial charge in [0.15, 0.2) is 0 Å². The van der Waals surface area contributed by atoms with Crippen molar-refractivity contribution in [3.05, 3.63) is 42.1 Å². The summed E-state index contributed by atoms with van der Waals surface area (Å²) in [5, 5.41) is 14.2. The smallest absolute Gasteiger partial charge is 0.475 e. The molecule has 0 spiro atoms. The molecular weight excluding hydrogens is 433 g/mol. The van der Waals surface area contributed by atoms with Crippen molar-refractivity contribution in [2.75, 3.05) is 13.1 Å². The van der Waals surface area contributed by atoms with Crippen molar-refractivity contribution in [1.82, 2.24) is 20.0 Å². The van der Waals surface area contributed by atoms with Crippen molar-refractivity contribution in [3.8, 4) is 0 Å². The average Bonchev–Trinajstić information content (AvgIpc) is 3.46. The summed E-state index contributed by atoms with van der Waals surface area (Å²) >= 11 is 0. The van der Waals surface area contributed by atoms with Gasteiger partial charge in [0, 0.05) is 44.4 Å². The standard InChI is InChI=1S/C18H24N4O3.C2HF3O2/c1-21-9-13(7-20-21)10-22-11-14-5-16(25-17(14)12-22)6-18(23)19-8-15-3-2-4-24-15;3-2(4,5)1(6)7/h2-4,7,9,14,16-17H,5-6,8,10-12H2,1H3,(H,19,23);(H,6,7)/t14-,16-,17+;/m0./s1. The number of nitrogens with zero attached hydrogens (tertiary/aromatic N) is 3. The molecule has 0 aromatic carbocycles. The number of amides is 1. The molecule has 9 nitrogen and oxygen atoms in total. The van der Waals surface area contributed by atoms with E-state index in [4.69, 9.17) is 19.1 Å². The second-order valence-corrected chi connectivity index (χ2v) is 7.87. The molecule has 2 aromatic rings. The summed E-state index contributed by atoms with van der Waals surface area (Å²) in [5.41, 5.74) is 1.23. The quantitative estimate of drug-likeness (QED) is 0.681. The maximum absolute atomic E-state index is 12.1. The fraction of sp³-hybridized carbons (Fsp3) is 0.550. The van der Waals surface area contributed by atoms with Crippen LogP contribution in [0.2, 0.25) is 0 Å². The minimum absolute atomic E-state index is 0.0218. The van der Waals surface area contributed by atoms with E-state index < -0.39 is 12.1 Å². The summed E-state index contributed by atoms with van der Waals surface area (Å²) in [4.78, 5) is 23.4. The molecule has 2 aliphatic heterocycles. The van der Waals surface area contributed by atoms with Crippen LogP contribution in [-0.4, -0.2) is 63.1 Å². The van der Waals surface area contributed by atoms with Gasteiger partial charge in [0.25, 0.3) is 0 Å². The predicted molar refractivity (Wildman–Crippen MR) is 104 cm³/mol. The summed E-state index contributed by atoms with van der Waals surface area (Å²) in [7, 11) is 1.94. The largest absolute Gasteiger partial charge is 0.490 e. The first-order valence-corrected chi connectivity index (χ1v) is 10.0. The van der Waals surface area contributed by atoms with E-state index >= 15 is 0 Å². The van der Waals surface area contributed by atoms with Crippen LogP contribution in [0.4, 0.5) is 13.2 Å². The predicted octanol–water partition coefficient (Wildman–Crippen LogP) is 1.94. The van der Waals surface area contributed by atoms with Crippen molar-refractivity contribution >= 4 is 11.9 Å². The molecule has 4 heterocycles. The molecule has 0 saturated carbocycles. The molecule has 12 heteroatoms. The molecule has 2 N–H and O–H groups in total. The molecule has 0 aliphatic carbocycles. The molecule has 0 bridgehead atoms. The minimum Gasteiger partial charge on any atom is -0.475 e. The molecule has 3 atom stereocenters. The van der Waals surface area contributed by atoms with Crippen LogP contribution in [0.1, 0.15) is 24.2 Å². The normalized spacial score (nSPS) is 22.8. The van der Waals surface area contributed by atoms with Gasteiger partial charge >= 0.3 is 12.1 Å². The lowest BCUT2D eigenvalue weighted by atomic mass is 10.0. The summed E-state index contributed by atoms with van der Waals surface area (Å²) in [5.74, 6) is -1.44. The highest BCUT2D eigenvalue weighted by Gasteiger charge is 2.42. The Hall–Kier alpha value is -2.86. The number of furan rings is 1. The Kier molecular flexibility index (Phi) is 7.56. The first kappa shape index (κ1) is 23.8. The molecule has 176 valence electrons. The number of nitrogens with one attached hydrogen (secondary N) is 1. The summed E-state index contributed by atoms with van der Waals surface area (Å²) in [6.07, 6.45) is 2.17. The number of likely N-dealkylation sites (tertiary alicyclic amines) is 1. The summed E-state index contributed by atoms with van der Waals surface area (Å²) in [6.45, 7) is 3.32. The Bertz CT molecular complexity index is 885. The zero-order valence-corrected chi connectivity index (χ0v) is 17.4. The second kappa shape index (κ2) is 10.2. The van der Waals surface area contributed by atoms with E-state index in [9.17, 15) is 18.0 Å². The Labute approximate surface area is 182 Å². The maximum atomic E-state index is 12.1. The van der Waals surface area contributed by atoms with Crippen LogP contribution in [-0.2, 0) is 34.5 Å². The number of alkyl halides is 3. The van der Waals surface area contributed by atoms with E-state index in [-0.39, 0.29) is 18.1 Å². The molecule has 32 heavy (non-hydrogen) atoms. The molecule has 2 saturated heterocycles. The third-order valence-corrected chi connectivity index (χ3v) is 5.25. The van der Waals surface area contributed by atoms with E-state index in [0.717, 1.165) is 31.8 Å². The Morgan fingerprint density at radius 2 is 2.09 bits per heavy atom. The lowest BCUT2D eigenvalue weighted by Crippen LogP contribution is -2.29. The van der Waals surface area contributed by atoms with Gasteiger partial charge in [-0.1, -0.05) is 0 Å². The van der Waals surface area contributed by atoms with Crippen molar-refractivity contribution < 1.29 is 37.0 Å². The fourth-order valence-electron chi connectivity index (χ4n) is 3.90. The van der Waals surface area contributed by atoms with Gasteiger partial charge in [0.05, 0.1) is 37.6 Å². The Balaban J connectivity index is 0.000000360. The molecule has 0 unspecified atom stereocenters. The lowest BCUT2D eigenvalue weighted by molar-refractivity contribution is -0.192. The first-order valence-electron chi connectivity index (χ1n) is 10.0. The number of aliphatic carboxylic acids is 1. The molecule has 1 amide bonds. The first-order chi connectivity index (χ1) is 15.1. The number of aromatic nitrogens is 2. The number of carboxylic acids is 1. The zero-order chi connectivity index (χ0) is 23.3. The van der Waals surface area contributed by atoms with Crippen LogP contribution in [0.5, 0.6) is 0 Å². The number of carboxylic acid groups (broad SMARTS) is 1. The van der Waals surface area contributed by atoms with Crippen LogP contribution in [0.25, 0.3) is 0 Å². The molecule has 0 radical (unpaired) electrons. The summed E-state index contributed by atoms with van der Waals surface area (Å²) < 4.78 is 44.9. The third-order valence-electron chi connectivity index (χ3n) is 5.25. The maximum Gasteiger partial charge on any atom is 0.490 e. The Morgan fingerprint density at radius 3 is 2.66 bits per heavy atom. The third kappa shape index (κ3) is 6.82. The van der Waals surface area contributed by atoms with Gasteiger partial charge in [0.2, 0.25) is 5.91 Å². The van der Waals surface area contributed by atoms with Gasteiger partial charge in [-0.2, -0.15) is 18.3 Å². The SMILES string of the molecule is Cn1cc(CN2C[C@@H]3C[C@@H](CC(=O)NCc4ccco4)O[C@@H]3C2)cn1.O=C(O)C(F)(F)F. The number of ether oxygens (including phenoxy) is 1. The highest BCUT2D eigenvalue weighted by Crippen LogP contribution is 2.34. The van der Waals surface area contributed by atoms with Gasteiger partial charge in [0.1, 0.15) is 5.76 Å². The van der Waals surface area contributed by atoms with Gasteiger partial charge in [-0.3, -0.25) is 14.4 Å². The average molecular weight is 458 g/mol. The van der Waals surface area contributed by atoms with E-state index in [2.05, 4.69) is 21.5 Å². The van der Waals surface area contributed by atoms with Crippen LogP contribution < -0.4 is 5.32 Å². The van der Waals surface area contributed by atoms with Crippen LogP contribution in [0.3, 0.4) is 0 Å². The molecular formula is C20H25F3N4O5. The van der Waals surface area contributed by atoms with Gasteiger partial charge in [-0.05, 0) is 18.6 Å². The number of carbonyl (C=O) groups excluding carboxylic acids is 1. The number of rotatable bonds is 6. The highest BCUT2D eigenvalue weighted by molar-refractivity contribution is 5.76. The van der Waals surface area contributed by atoms with Gasteiger partial charge in [-0.15, -0.1) is 0 Å². The number of hydrogen-bond acceptors (Lipinski definition) is 6. The van der Waals surface area contributed by atoms with Crippen LogP contribution in [0.15, 0.2) is 35.2 Å². The molecule has 2 aromatic heterocycles. The van der Waals surface area contributed by atoms with E-state index in [1.807, 2.05) is 30.1 Å². The monoisotopic (exact) mass is 458 g/mol. The number of halogens is 3. The Morgan fingerprint density at radius 1 is 1.34 bits per heavy atom. The van der Waals surface area contributed by atoms with Crippen LogP contribution in [0, 0.1) is 5.92 Å². The zero-order valence-electron chi connectivity index (χ0n) is 17.4. The van der Waals surface area contributed by atoms with Crippen molar-refractivity contribution in [1.29, 1.82) is 0 Å². The second-order valence-electron chi connectivity index (χ2n) is 7.87. The molecule has 2 fully saturated rings. The van der Waals surface area contributed by atoms with Gasteiger partial charge in [-0.25, -0.2) is 4.79 Å². The number of hydrogen-bond donors (Lipinski definition) is 2. The molecule has 4 rings (SSSR count). The van der Waals surface area contributed by atoms with Crippen molar-refractivity contribution in [2.24, 2.45) is 13.0 Å². The summed E-state index contributed by atoms with van der Waals surface area (Å²) in [6, 6.07) is 3.67. The van der Waals surface area contributed by atoms with Crippen molar-refractivity contribution in [3.63, 3.8) is 0 Å². The minimum atomic E-state index is -5.08. The fourth-order valence-corrected chi connectivity index (χ4v) is 3.90. The van der Waals surface area contributed by atoms with E-state index in [1.165, 1.54) is 5.56 Å².